The minimum atomic E-state index is -2.28. The smallest absolute Gasteiger partial charge is 0.545 e. The molecule has 0 unspecified atom stereocenters. The van der Waals surface area contributed by atoms with Gasteiger partial charge in [0.15, 0.2) is 0 Å². The fraction of sp³-hybridized carbons (Fsp3) is 0.688. The Morgan fingerprint density at radius 2 is 0.868 bits per heavy atom. The van der Waals surface area contributed by atoms with E-state index in [1.165, 1.54) is 0 Å². The Hall–Kier alpha value is 2.55. The molecule has 1 fully saturated rings. The predicted molar refractivity (Wildman–Crippen MR) is 135 cm³/mol. The van der Waals surface area contributed by atoms with Gasteiger partial charge in [-0.25, -0.2) is 0 Å². The summed E-state index contributed by atoms with van der Waals surface area (Å²) >= 11 is 42.6. The molecule has 1 heterocycles. The van der Waals surface area contributed by atoms with Crippen molar-refractivity contribution in [3.63, 3.8) is 0 Å². The molecule has 1 aliphatic rings. The van der Waals surface area contributed by atoms with E-state index in [1.54, 1.807) is 13.8 Å². The largest absolute Gasteiger partial charge is 3.00 e. The van der Waals surface area contributed by atoms with Gasteiger partial charge in [0.2, 0.25) is 11.4 Å². The third-order valence-corrected chi connectivity index (χ3v) is 3.04. The Morgan fingerprint density at radius 1 is 0.711 bits per heavy atom. The Labute approximate surface area is 304 Å². The fourth-order valence-corrected chi connectivity index (χ4v) is 0.352. The van der Waals surface area contributed by atoms with Crippen LogP contribution in [0.5, 0.6) is 0 Å². The molecule has 11 nitrogen and oxygen atoms in total. The number of hydrogen-bond acceptors (Lipinski definition) is 11. The van der Waals surface area contributed by atoms with E-state index >= 15 is 0 Å². The summed E-state index contributed by atoms with van der Waals surface area (Å²) in [7, 11) is 0. The van der Waals surface area contributed by atoms with E-state index in [0.29, 0.717) is 6.79 Å². The molecular formula is C16H24Cl9O11YZn. The van der Waals surface area contributed by atoms with Crippen molar-refractivity contribution in [3.8, 4) is 0 Å². The summed E-state index contributed by atoms with van der Waals surface area (Å²) in [4.78, 5) is 28.5. The zero-order chi connectivity index (χ0) is 30.8. The molecule has 1 aliphatic heterocycles. The van der Waals surface area contributed by atoms with E-state index in [4.69, 9.17) is 129 Å². The van der Waals surface area contributed by atoms with Crippen molar-refractivity contribution in [3.05, 3.63) is 13.8 Å². The second-order valence-electron chi connectivity index (χ2n) is 4.31. The normalized spacial score (nSPS) is 11.3. The number of carbonyl (C=O) groups excluding carboxylic acids is 3. The van der Waals surface area contributed by atoms with Crippen LogP contribution in [-0.4, -0.2) is 83.9 Å². The van der Waals surface area contributed by atoms with Crippen LogP contribution in [0.4, 0.5) is 0 Å². The van der Waals surface area contributed by atoms with Crippen molar-refractivity contribution < 1.29 is 107 Å². The molecule has 1 rings (SSSR count). The molecule has 0 aromatic carbocycles. The van der Waals surface area contributed by atoms with Gasteiger partial charge in [-0.1, -0.05) is 104 Å². The summed E-state index contributed by atoms with van der Waals surface area (Å²) in [6, 6.07) is 0. The van der Waals surface area contributed by atoms with Crippen molar-refractivity contribution in [1.29, 1.82) is 0 Å². The first-order valence-electron chi connectivity index (χ1n) is 8.45. The van der Waals surface area contributed by atoms with Crippen molar-refractivity contribution >= 4 is 122 Å². The Morgan fingerprint density at radius 3 is 0.895 bits per heavy atom. The molecule has 0 atom stereocenters. The molecule has 0 amide bonds. The summed E-state index contributed by atoms with van der Waals surface area (Å²) in [5.41, 5.74) is 0. The van der Waals surface area contributed by atoms with Gasteiger partial charge in [-0.2, -0.15) is 13.8 Å². The summed E-state index contributed by atoms with van der Waals surface area (Å²) in [5.74, 6) is -5.13. The van der Waals surface area contributed by atoms with Gasteiger partial charge in [0.1, 0.15) is 12.9 Å². The third-order valence-electron chi connectivity index (χ3n) is 1.65. The number of carboxylic acids is 3. The van der Waals surface area contributed by atoms with Gasteiger partial charge < -0.3 is 68.3 Å². The maximum Gasteiger partial charge on any atom is 3.00 e. The van der Waals surface area contributed by atoms with Crippen LogP contribution in [0, 0.1) is 13.8 Å². The number of carboxylic acid groups (broad SMARTS) is 3. The number of aliphatic hydroxyl groups excluding tert-OH is 3. The summed E-state index contributed by atoms with van der Waals surface area (Å²) in [6.45, 7) is 11.3. The first-order valence-corrected chi connectivity index (χ1v) is 11.9. The topological polar surface area (TPSA) is 200 Å². The molecule has 3 N–H and O–H groups in total. The second kappa shape index (κ2) is 37.6. The Balaban J connectivity index is -0.0000000472. The molecular weight excluding hydrogens is 842 g/mol. The zero-order valence-electron chi connectivity index (χ0n) is 19.8. The minimum absolute atomic E-state index is 0. The number of carbonyl (C=O) groups is 3. The standard InChI is InChI=1S/C3H8O3.C3H6O2.3C2HCl3O2.2C2H5.Y.Zn/c4-1-3(6)2-5;1-2-5-3-4-1;3*3-2(4,5)1(6)7;2*1-2;;/h3-6H,1-2H2;1-3H2;3*(H,6,7);2*1H2,2H3;;/q;;;;;2*-1;+3;+2/p-3. The van der Waals surface area contributed by atoms with Crippen molar-refractivity contribution in [2.45, 2.75) is 31.3 Å². The molecule has 222 valence electrons. The fourth-order valence-electron chi connectivity index (χ4n) is 0.352. The number of rotatable bonds is 2. The van der Waals surface area contributed by atoms with Crippen LogP contribution >= 0.6 is 104 Å². The van der Waals surface area contributed by atoms with Crippen LogP contribution < -0.4 is 15.3 Å². The van der Waals surface area contributed by atoms with Crippen LogP contribution in [0.15, 0.2) is 0 Å². The first-order chi connectivity index (χ1) is 16.1. The average molecular weight is 866 g/mol. The Kier molecular flexibility index (Phi) is 59.2. The molecule has 0 radical (unpaired) electrons. The van der Waals surface area contributed by atoms with Gasteiger partial charge in [-0.05, 0) is 0 Å². The number of aliphatic hydroxyl groups is 3. The minimum Gasteiger partial charge on any atom is -0.545 e. The SMILES string of the molecule is C1COCO1.O=C([O-])C(Cl)(Cl)Cl.O=C([O-])C(Cl)(Cl)Cl.O=C([O-])C(Cl)(Cl)Cl.OCC(O)CO.[CH2-]C.[CH2-]C.[Y+3].[Zn+2]. The van der Waals surface area contributed by atoms with E-state index in [-0.39, 0.29) is 65.4 Å². The van der Waals surface area contributed by atoms with Crippen molar-refractivity contribution in [2.24, 2.45) is 0 Å². The number of ether oxygens (including phenoxy) is 2. The maximum absolute atomic E-state index is 9.51. The van der Waals surface area contributed by atoms with Crippen molar-refractivity contribution in [2.75, 3.05) is 33.2 Å². The molecule has 0 spiro atoms. The molecule has 0 aromatic rings. The van der Waals surface area contributed by atoms with Crippen LogP contribution in [-0.2, 0) is 76.0 Å². The van der Waals surface area contributed by atoms with Gasteiger partial charge in [-0.15, -0.1) is 0 Å². The van der Waals surface area contributed by atoms with Crippen LogP contribution in [0.3, 0.4) is 0 Å². The molecule has 38 heavy (non-hydrogen) atoms. The Bertz CT molecular complexity index is 464. The zero-order valence-corrected chi connectivity index (χ0v) is 32.4. The predicted octanol–water partition coefficient (Wildman–Crippen LogP) is 0.318. The van der Waals surface area contributed by atoms with Crippen molar-refractivity contribution in [1.82, 2.24) is 0 Å². The second-order valence-corrected chi connectivity index (χ2v) is 11.2. The quantitative estimate of drug-likeness (QED) is 0.196. The molecule has 0 aromatic heterocycles. The van der Waals surface area contributed by atoms with Crippen LogP contribution in [0.1, 0.15) is 13.8 Å². The molecule has 0 aliphatic carbocycles. The first kappa shape index (κ1) is 59.9. The number of aliphatic carboxylic acids is 3. The van der Waals surface area contributed by atoms with E-state index in [1.807, 2.05) is 0 Å². The van der Waals surface area contributed by atoms with Gasteiger partial charge >= 0.3 is 52.2 Å². The average Bonchev–Trinajstić information content (AvgIpc) is 3.35. The van der Waals surface area contributed by atoms with Gasteiger partial charge in [0, 0.05) is 0 Å². The van der Waals surface area contributed by atoms with E-state index in [2.05, 4.69) is 13.8 Å². The monoisotopic (exact) mass is 860 g/mol. The summed E-state index contributed by atoms with van der Waals surface area (Å²) < 4.78 is 2.61. The van der Waals surface area contributed by atoms with E-state index < -0.39 is 35.4 Å². The van der Waals surface area contributed by atoms with Crippen LogP contribution in [0.2, 0.25) is 0 Å². The summed E-state index contributed by atoms with van der Waals surface area (Å²) in [6.07, 6.45) is -0.954. The van der Waals surface area contributed by atoms with Gasteiger partial charge in [0.05, 0.1) is 44.3 Å². The van der Waals surface area contributed by atoms with Crippen LogP contribution in [0.25, 0.3) is 0 Å². The molecule has 22 heteroatoms. The molecule has 0 bridgehead atoms. The number of alkyl halides is 9. The van der Waals surface area contributed by atoms with Gasteiger partial charge in [-0.3, -0.25) is 0 Å². The third kappa shape index (κ3) is 62.2. The number of hydrogen-bond donors (Lipinski definition) is 3. The van der Waals surface area contributed by atoms with E-state index in [9.17, 15) is 29.7 Å². The maximum atomic E-state index is 9.51. The number of halogens is 9. The molecule has 1 saturated heterocycles. The van der Waals surface area contributed by atoms with E-state index in [0.717, 1.165) is 13.2 Å². The molecule has 0 saturated carbocycles. The summed E-state index contributed by atoms with van der Waals surface area (Å²) in [5, 5.41) is 52.6. The van der Waals surface area contributed by atoms with Gasteiger partial charge in [0.25, 0.3) is 0 Å².